The predicted molar refractivity (Wildman–Crippen MR) is 49.7 cm³/mol. The van der Waals surface area contributed by atoms with Gasteiger partial charge in [0.15, 0.2) is 0 Å². The fourth-order valence-electron chi connectivity index (χ4n) is 1.43. The molecule has 0 unspecified atom stereocenters. The molecule has 1 heteroatoms. The Kier molecular flexibility index (Phi) is 1.76. The molecular weight excluding hydrogens is 200 g/mol. The zero-order valence-corrected chi connectivity index (χ0v) is 7.89. The minimum Gasteiger partial charge on any atom is -0.0801 e. The van der Waals surface area contributed by atoms with Crippen molar-refractivity contribution in [1.82, 2.24) is 0 Å². The molecule has 0 saturated heterocycles. The van der Waals surface area contributed by atoms with E-state index in [4.69, 9.17) is 0 Å². The van der Waals surface area contributed by atoms with E-state index in [1.165, 1.54) is 24.8 Å². The molecule has 0 amide bonds. The van der Waals surface area contributed by atoms with Crippen molar-refractivity contribution in [3.63, 3.8) is 0 Å². The Morgan fingerprint density at radius 1 is 1.36 bits per heavy atom. The van der Waals surface area contributed by atoms with Crippen LogP contribution in [0.5, 0.6) is 0 Å². The van der Waals surface area contributed by atoms with Crippen molar-refractivity contribution in [3.05, 3.63) is 35.9 Å². The Bertz CT molecular complexity index is 236. The van der Waals surface area contributed by atoms with Crippen molar-refractivity contribution in [2.45, 2.75) is 23.6 Å². The van der Waals surface area contributed by atoms with E-state index in [-0.39, 0.29) is 4.32 Å². The van der Waals surface area contributed by atoms with Gasteiger partial charge in [-0.05, 0) is 30.9 Å². The van der Waals surface area contributed by atoms with Gasteiger partial charge in [0.25, 0.3) is 0 Å². The molecule has 1 radical (unpaired) electrons. The Labute approximate surface area is 75.8 Å². The predicted octanol–water partition coefficient (Wildman–Crippen LogP) is 3.26. The minimum absolute atomic E-state index is 0.272. The molecule has 1 aliphatic carbocycles. The summed E-state index contributed by atoms with van der Waals surface area (Å²) >= 11 is 3.74. The number of hydrogen-bond acceptors (Lipinski definition) is 0. The van der Waals surface area contributed by atoms with Crippen LogP contribution in [0.1, 0.15) is 24.8 Å². The van der Waals surface area contributed by atoms with E-state index < -0.39 is 0 Å². The SMILES string of the molecule is BrC1(c2[c]cccc2)CCC1. The Hall–Kier alpha value is -0.300. The van der Waals surface area contributed by atoms with Gasteiger partial charge in [0.05, 0.1) is 4.32 Å². The summed E-state index contributed by atoms with van der Waals surface area (Å²) in [6, 6.07) is 11.5. The smallest absolute Gasteiger partial charge is 0.0512 e. The highest BCUT2D eigenvalue weighted by atomic mass is 79.9. The third-order valence-electron chi connectivity index (χ3n) is 2.34. The molecule has 1 aromatic carbocycles. The van der Waals surface area contributed by atoms with Crippen LogP contribution in [-0.2, 0) is 4.32 Å². The first-order valence-electron chi connectivity index (χ1n) is 3.97. The summed E-state index contributed by atoms with van der Waals surface area (Å²) in [5, 5.41) is 0. The van der Waals surface area contributed by atoms with Gasteiger partial charge in [0.2, 0.25) is 0 Å². The molecule has 0 atom stereocenters. The van der Waals surface area contributed by atoms with Gasteiger partial charge in [-0.15, -0.1) is 0 Å². The Morgan fingerprint density at radius 3 is 2.64 bits per heavy atom. The molecule has 1 fully saturated rings. The minimum atomic E-state index is 0.272. The summed E-state index contributed by atoms with van der Waals surface area (Å²) in [5.41, 5.74) is 1.31. The van der Waals surface area contributed by atoms with E-state index in [0.717, 1.165) is 0 Å². The van der Waals surface area contributed by atoms with Crippen molar-refractivity contribution >= 4 is 15.9 Å². The van der Waals surface area contributed by atoms with E-state index >= 15 is 0 Å². The normalized spacial score (nSPS) is 20.8. The third kappa shape index (κ3) is 1.22. The summed E-state index contributed by atoms with van der Waals surface area (Å²) in [5.74, 6) is 0. The summed E-state index contributed by atoms with van der Waals surface area (Å²) in [7, 11) is 0. The van der Waals surface area contributed by atoms with E-state index in [2.05, 4.69) is 34.1 Å². The van der Waals surface area contributed by atoms with Gasteiger partial charge in [-0.1, -0.05) is 40.2 Å². The lowest BCUT2D eigenvalue weighted by atomic mass is 9.80. The second kappa shape index (κ2) is 2.63. The van der Waals surface area contributed by atoms with Gasteiger partial charge < -0.3 is 0 Å². The highest BCUT2D eigenvalue weighted by Crippen LogP contribution is 2.48. The molecule has 0 spiro atoms. The van der Waals surface area contributed by atoms with Gasteiger partial charge in [-0.2, -0.15) is 0 Å². The lowest BCUT2D eigenvalue weighted by Crippen LogP contribution is -2.26. The first kappa shape index (κ1) is 7.35. The number of rotatable bonds is 1. The van der Waals surface area contributed by atoms with E-state index in [0.29, 0.717) is 0 Å². The molecule has 0 aliphatic heterocycles. The lowest BCUT2D eigenvalue weighted by molar-refractivity contribution is 0.383. The quantitative estimate of drug-likeness (QED) is 0.624. The maximum absolute atomic E-state index is 3.74. The average Bonchev–Trinajstić information content (AvgIpc) is 2.02. The van der Waals surface area contributed by atoms with Crippen molar-refractivity contribution in [2.75, 3.05) is 0 Å². The van der Waals surface area contributed by atoms with Crippen molar-refractivity contribution in [3.8, 4) is 0 Å². The zero-order chi connectivity index (χ0) is 7.73. The summed E-state index contributed by atoms with van der Waals surface area (Å²) in [6.07, 6.45) is 3.86. The zero-order valence-electron chi connectivity index (χ0n) is 6.31. The van der Waals surface area contributed by atoms with Gasteiger partial charge in [-0.3, -0.25) is 0 Å². The van der Waals surface area contributed by atoms with Crippen LogP contribution in [0.4, 0.5) is 0 Å². The Balaban J connectivity index is 2.29. The molecule has 1 aliphatic rings. The number of benzene rings is 1. The lowest BCUT2D eigenvalue weighted by Gasteiger charge is -2.36. The molecule has 1 saturated carbocycles. The van der Waals surface area contributed by atoms with Crippen LogP contribution in [-0.4, -0.2) is 0 Å². The summed E-state index contributed by atoms with van der Waals surface area (Å²) in [4.78, 5) is 0. The molecule has 0 nitrogen and oxygen atoms in total. The average molecular weight is 210 g/mol. The molecular formula is C10H10Br. The van der Waals surface area contributed by atoms with Crippen LogP contribution in [0.3, 0.4) is 0 Å². The molecule has 11 heavy (non-hydrogen) atoms. The number of halogens is 1. The standard InChI is InChI=1S/C10H10Br/c11-10(7-4-8-10)9-5-2-1-3-6-9/h1-3,5H,4,7-8H2. The monoisotopic (exact) mass is 209 g/mol. The van der Waals surface area contributed by atoms with Crippen LogP contribution < -0.4 is 0 Å². The van der Waals surface area contributed by atoms with Crippen LogP contribution in [0, 0.1) is 6.07 Å². The molecule has 0 heterocycles. The first-order chi connectivity index (χ1) is 5.31. The van der Waals surface area contributed by atoms with Crippen molar-refractivity contribution in [1.29, 1.82) is 0 Å². The van der Waals surface area contributed by atoms with Gasteiger partial charge in [0.1, 0.15) is 0 Å². The van der Waals surface area contributed by atoms with Crippen LogP contribution in [0.2, 0.25) is 0 Å². The summed E-state index contributed by atoms with van der Waals surface area (Å²) < 4.78 is 0.272. The number of hydrogen-bond donors (Lipinski definition) is 0. The first-order valence-corrected chi connectivity index (χ1v) is 4.77. The Morgan fingerprint density at radius 2 is 2.18 bits per heavy atom. The molecule has 2 rings (SSSR count). The van der Waals surface area contributed by atoms with E-state index in [1.807, 2.05) is 12.1 Å². The highest BCUT2D eigenvalue weighted by Gasteiger charge is 2.35. The van der Waals surface area contributed by atoms with Crippen LogP contribution >= 0.6 is 15.9 Å². The second-order valence-corrected chi connectivity index (χ2v) is 4.61. The molecule has 0 aromatic heterocycles. The highest BCUT2D eigenvalue weighted by molar-refractivity contribution is 9.09. The van der Waals surface area contributed by atoms with Crippen molar-refractivity contribution in [2.24, 2.45) is 0 Å². The maximum atomic E-state index is 3.74. The third-order valence-corrected chi connectivity index (χ3v) is 3.56. The van der Waals surface area contributed by atoms with E-state index in [9.17, 15) is 0 Å². The van der Waals surface area contributed by atoms with Crippen LogP contribution in [0.15, 0.2) is 24.3 Å². The fraction of sp³-hybridized carbons (Fsp3) is 0.400. The summed E-state index contributed by atoms with van der Waals surface area (Å²) in [6.45, 7) is 0. The van der Waals surface area contributed by atoms with Crippen molar-refractivity contribution < 1.29 is 0 Å². The molecule has 57 valence electrons. The fourth-order valence-corrected chi connectivity index (χ4v) is 2.24. The maximum Gasteiger partial charge on any atom is 0.0512 e. The number of alkyl halides is 1. The van der Waals surface area contributed by atoms with Crippen LogP contribution in [0.25, 0.3) is 0 Å². The molecule has 0 bridgehead atoms. The van der Waals surface area contributed by atoms with E-state index in [1.54, 1.807) is 0 Å². The largest absolute Gasteiger partial charge is 0.0801 e. The molecule has 0 N–H and O–H groups in total. The van der Waals surface area contributed by atoms with Gasteiger partial charge in [0, 0.05) is 0 Å². The topological polar surface area (TPSA) is 0 Å². The van der Waals surface area contributed by atoms with Gasteiger partial charge >= 0.3 is 0 Å². The molecule has 1 aromatic rings. The van der Waals surface area contributed by atoms with Gasteiger partial charge in [-0.25, -0.2) is 0 Å². The second-order valence-electron chi connectivity index (χ2n) is 3.10.